The van der Waals surface area contributed by atoms with Crippen LogP contribution in [0.2, 0.25) is 10.0 Å². The first kappa shape index (κ1) is 33.8. The Bertz CT molecular complexity index is 1990. The smallest absolute Gasteiger partial charge is 0.351 e. The van der Waals surface area contributed by atoms with Crippen molar-refractivity contribution in [2.75, 3.05) is 49.2 Å². The molecule has 13 nitrogen and oxygen atoms in total. The maximum atomic E-state index is 12.8. The molecule has 0 aliphatic carbocycles. The molecule has 4 heterocycles. The van der Waals surface area contributed by atoms with Gasteiger partial charge >= 0.3 is 5.69 Å². The number of ketones is 1. The SMILES string of the molecule is CC(=O)C(C)n1ncn(-c2ccc(N3CCN(c4ccc(OC[C@@H]5CO[C@@](Cn6cncn6)(c6ccc(Cl)cc6Cl)O5)cc4)CC3)cc2)c1=O. The van der Waals surface area contributed by atoms with E-state index in [9.17, 15) is 9.59 Å². The van der Waals surface area contributed by atoms with Crippen molar-refractivity contribution in [1.29, 1.82) is 0 Å². The molecule has 3 atom stereocenters. The van der Waals surface area contributed by atoms with Gasteiger partial charge in [0.1, 0.15) is 50.0 Å². The zero-order valence-electron chi connectivity index (χ0n) is 27.6. The number of halogens is 2. The van der Waals surface area contributed by atoms with Crippen LogP contribution in [0.15, 0.2) is 90.5 Å². The Morgan fingerprint density at radius 1 is 0.940 bits per heavy atom. The fraction of sp³-hybridized carbons (Fsp3) is 0.343. The van der Waals surface area contributed by atoms with Gasteiger partial charge in [0.2, 0.25) is 5.79 Å². The Balaban J connectivity index is 0.925. The minimum Gasteiger partial charge on any atom is -0.491 e. The summed E-state index contributed by atoms with van der Waals surface area (Å²) in [5, 5.41) is 9.31. The summed E-state index contributed by atoms with van der Waals surface area (Å²) in [5.41, 5.74) is 3.22. The lowest BCUT2D eigenvalue weighted by Gasteiger charge is -2.37. The summed E-state index contributed by atoms with van der Waals surface area (Å²) in [5.74, 6) is -0.558. The molecule has 1 unspecified atom stereocenters. The van der Waals surface area contributed by atoms with E-state index in [1.54, 1.807) is 36.1 Å². The molecule has 7 rings (SSSR count). The second-order valence-electron chi connectivity index (χ2n) is 12.3. The molecule has 0 spiro atoms. The molecular weight excluding hydrogens is 683 g/mol. The normalized spacial score (nSPS) is 19.9. The van der Waals surface area contributed by atoms with Gasteiger partial charge in [-0.3, -0.25) is 4.79 Å². The van der Waals surface area contributed by atoms with E-state index in [1.165, 1.54) is 28.8 Å². The molecule has 2 aliphatic rings. The van der Waals surface area contributed by atoms with Crippen LogP contribution in [0.5, 0.6) is 5.75 Å². The van der Waals surface area contributed by atoms with E-state index in [1.807, 2.05) is 36.4 Å². The summed E-state index contributed by atoms with van der Waals surface area (Å²) < 4.78 is 23.1. The van der Waals surface area contributed by atoms with Crippen LogP contribution in [0.25, 0.3) is 5.69 Å². The number of nitrogens with zero attached hydrogens (tertiary/aromatic N) is 8. The minimum absolute atomic E-state index is 0.119. The van der Waals surface area contributed by atoms with Gasteiger partial charge in [-0.05, 0) is 74.5 Å². The van der Waals surface area contributed by atoms with Gasteiger partial charge in [-0.1, -0.05) is 29.3 Å². The Morgan fingerprint density at radius 3 is 2.22 bits per heavy atom. The monoisotopic (exact) mass is 718 g/mol. The number of aromatic nitrogens is 6. The second kappa shape index (κ2) is 14.3. The average molecular weight is 720 g/mol. The second-order valence-corrected chi connectivity index (χ2v) is 13.2. The van der Waals surface area contributed by atoms with Crippen LogP contribution in [0.1, 0.15) is 25.5 Å². The molecule has 2 aliphatic heterocycles. The third kappa shape index (κ3) is 6.99. The number of carbonyl (C=O) groups is 1. The Kier molecular flexibility index (Phi) is 9.65. The molecule has 50 heavy (non-hydrogen) atoms. The Hall–Kier alpha value is -4.69. The Morgan fingerprint density at radius 2 is 1.60 bits per heavy atom. The van der Waals surface area contributed by atoms with Crippen molar-refractivity contribution < 1.29 is 19.0 Å². The maximum absolute atomic E-state index is 12.8. The van der Waals surface area contributed by atoms with Crippen LogP contribution in [-0.2, 0) is 26.6 Å². The first-order valence-corrected chi connectivity index (χ1v) is 17.0. The van der Waals surface area contributed by atoms with E-state index in [4.69, 9.17) is 37.4 Å². The van der Waals surface area contributed by atoms with E-state index in [0.717, 1.165) is 43.3 Å². The first-order valence-electron chi connectivity index (χ1n) is 16.3. The molecule has 0 radical (unpaired) electrons. The van der Waals surface area contributed by atoms with Crippen LogP contribution in [0.3, 0.4) is 0 Å². The fourth-order valence-electron chi connectivity index (χ4n) is 6.20. The molecular formula is C35H36Cl2N8O5. The lowest BCUT2D eigenvalue weighted by molar-refractivity contribution is -0.190. The van der Waals surface area contributed by atoms with Crippen molar-refractivity contribution in [2.45, 2.75) is 38.3 Å². The third-order valence-corrected chi connectivity index (χ3v) is 9.64. The van der Waals surface area contributed by atoms with E-state index >= 15 is 0 Å². The molecule has 0 amide bonds. The maximum Gasteiger partial charge on any atom is 0.351 e. The highest BCUT2D eigenvalue weighted by Gasteiger charge is 2.45. The predicted molar refractivity (Wildman–Crippen MR) is 189 cm³/mol. The van der Waals surface area contributed by atoms with Crippen molar-refractivity contribution >= 4 is 40.4 Å². The zero-order chi connectivity index (χ0) is 34.8. The number of piperazine rings is 1. The van der Waals surface area contributed by atoms with Crippen molar-refractivity contribution in [1.82, 2.24) is 29.1 Å². The molecule has 15 heteroatoms. The van der Waals surface area contributed by atoms with Gasteiger partial charge in [0.05, 0.1) is 17.3 Å². The van der Waals surface area contributed by atoms with E-state index in [0.29, 0.717) is 27.9 Å². The number of rotatable bonds is 11. The van der Waals surface area contributed by atoms with E-state index in [2.05, 4.69) is 37.1 Å². The summed E-state index contributed by atoms with van der Waals surface area (Å²) in [4.78, 5) is 33.2. The highest BCUT2D eigenvalue weighted by molar-refractivity contribution is 6.35. The summed E-state index contributed by atoms with van der Waals surface area (Å²) in [7, 11) is 0. The van der Waals surface area contributed by atoms with Crippen molar-refractivity contribution in [3.63, 3.8) is 0 Å². The number of ether oxygens (including phenoxy) is 3. The van der Waals surface area contributed by atoms with E-state index < -0.39 is 11.8 Å². The molecule has 5 aromatic rings. The van der Waals surface area contributed by atoms with Crippen molar-refractivity contribution in [2.24, 2.45) is 0 Å². The quantitative estimate of drug-likeness (QED) is 0.189. The summed E-state index contributed by atoms with van der Waals surface area (Å²) in [6.07, 6.45) is 4.17. The number of benzene rings is 3. The van der Waals surface area contributed by atoms with Crippen LogP contribution < -0.4 is 20.2 Å². The van der Waals surface area contributed by atoms with Crippen LogP contribution in [-0.4, -0.2) is 80.4 Å². The number of carbonyl (C=O) groups excluding carboxylic acids is 1. The summed E-state index contributed by atoms with van der Waals surface area (Å²) >= 11 is 12.7. The number of Topliss-reactive ketones (excluding diaryl/α,β-unsaturated/α-hetero) is 1. The number of hydrogen-bond acceptors (Lipinski definition) is 10. The topological polar surface area (TPSA) is 122 Å². The molecule has 0 bridgehead atoms. The minimum atomic E-state index is -1.17. The molecule has 2 aromatic heterocycles. The summed E-state index contributed by atoms with van der Waals surface area (Å²) in [6.45, 7) is 7.37. The van der Waals surface area contributed by atoms with Gasteiger partial charge in [-0.25, -0.2) is 23.7 Å². The molecule has 260 valence electrons. The third-order valence-electron chi connectivity index (χ3n) is 9.10. The lowest BCUT2D eigenvalue weighted by atomic mass is 10.1. The molecule has 2 saturated heterocycles. The number of anilines is 2. The standard InChI is InChI=1S/C35H36Cl2N8O5/c1-24(25(2)46)45-34(47)44(23-40-45)29-6-4-27(5-7-29)41-13-15-42(16-14-41)28-8-10-30(11-9-28)48-18-31-19-49-35(50-31,20-43-22-38-21-39-43)32-12-3-26(36)17-33(32)37/h3-12,17,21-24,31H,13-16,18-20H2,1-2H3/t24?,31-,35-/m1/s1. The molecule has 0 N–H and O–H groups in total. The van der Waals surface area contributed by atoms with Gasteiger partial charge in [-0.15, -0.1) is 0 Å². The van der Waals surface area contributed by atoms with Gasteiger partial charge < -0.3 is 24.0 Å². The molecule has 3 aromatic carbocycles. The van der Waals surface area contributed by atoms with Gasteiger partial charge in [0.25, 0.3) is 0 Å². The number of hydrogen-bond donors (Lipinski definition) is 0. The molecule has 2 fully saturated rings. The van der Waals surface area contributed by atoms with Crippen LogP contribution >= 0.6 is 23.2 Å². The van der Waals surface area contributed by atoms with Gasteiger partial charge in [0, 0.05) is 48.1 Å². The largest absolute Gasteiger partial charge is 0.491 e. The highest BCUT2D eigenvalue weighted by Crippen LogP contribution is 2.40. The van der Waals surface area contributed by atoms with Gasteiger partial charge in [-0.2, -0.15) is 10.2 Å². The Labute approximate surface area is 298 Å². The van der Waals surface area contributed by atoms with Crippen molar-refractivity contribution in [3.8, 4) is 11.4 Å². The lowest BCUT2D eigenvalue weighted by Crippen LogP contribution is -2.46. The zero-order valence-corrected chi connectivity index (χ0v) is 29.1. The average Bonchev–Trinajstić information content (AvgIpc) is 3.88. The van der Waals surface area contributed by atoms with Crippen molar-refractivity contribution in [3.05, 3.63) is 112 Å². The van der Waals surface area contributed by atoms with Crippen LogP contribution in [0, 0.1) is 0 Å². The highest BCUT2D eigenvalue weighted by atomic mass is 35.5. The summed E-state index contributed by atoms with van der Waals surface area (Å²) in [6, 6.07) is 20.5. The molecule has 0 saturated carbocycles. The predicted octanol–water partition coefficient (Wildman–Crippen LogP) is 4.76. The van der Waals surface area contributed by atoms with E-state index in [-0.39, 0.29) is 30.7 Å². The fourth-order valence-corrected chi connectivity index (χ4v) is 6.76. The van der Waals surface area contributed by atoms with Crippen LogP contribution in [0.4, 0.5) is 11.4 Å². The first-order chi connectivity index (χ1) is 24.2. The van der Waals surface area contributed by atoms with Gasteiger partial charge in [0.15, 0.2) is 5.78 Å².